The number of benzene rings is 2. The molecule has 140 valence electrons. The second-order valence-electron chi connectivity index (χ2n) is 6.76. The molecule has 1 heterocycles. The van der Waals surface area contributed by atoms with Gasteiger partial charge in [0, 0.05) is 21.1 Å². The molecule has 0 saturated heterocycles. The first-order chi connectivity index (χ1) is 13.0. The van der Waals surface area contributed by atoms with Crippen LogP contribution in [0.25, 0.3) is 22.6 Å². The highest BCUT2D eigenvalue weighted by Crippen LogP contribution is 2.37. The molecule has 0 unspecified atom stereocenters. The van der Waals surface area contributed by atoms with Crippen LogP contribution in [0.3, 0.4) is 0 Å². The molecule has 1 fully saturated rings. The minimum atomic E-state index is -0.0691. The first-order valence-corrected chi connectivity index (χ1v) is 10.4. The van der Waals surface area contributed by atoms with Gasteiger partial charge in [0.05, 0.1) is 10.6 Å². The van der Waals surface area contributed by atoms with Crippen LogP contribution in [0.15, 0.2) is 39.2 Å². The van der Waals surface area contributed by atoms with Gasteiger partial charge in [-0.05, 0) is 59.1 Å². The van der Waals surface area contributed by atoms with Crippen LogP contribution in [0.5, 0.6) is 0 Å². The van der Waals surface area contributed by atoms with E-state index >= 15 is 0 Å². The molecule has 1 aliphatic carbocycles. The number of nitrogens with one attached hydrogen (secondary N) is 1. The molecule has 7 heteroatoms. The predicted octanol–water partition coefficient (Wildman–Crippen LogP) is 6.63. The Morgan fingerprint density at radius 2 is 1.93 bits per heavy atom. The van der Waals surface area contributed by atoms with E-state index in [1.54, 1.807) is 30.3 Å². The van der Waals surface area contributed by atoms with Crippen molar-refractivity contribution in [3.05, 3.63) is 50.4 Å². The van der Waals surface area contributed by atoms with Crippen molar-refractivity contribution in [3.8, 4) is 11.5 Å². The Kier molecular flexibility index (Phi) is 5.44. The van der Waals surface area contributed by atoms with E-state index in [1.807, 2.05) is 0 Å². The van der Waals surface area contributed by atoms with E-state index in [-0.39, 0.29) is 11.9 Å². The van der Waals surface area contributed by atoms with Crippen LogP contribution in [0.2, 0.25) is 10.0 Å². The molecule has 1 N–H and O–H groups in total. The van der Waals surface area contributed by atoms with Gasteiger partial charge in [-0.2, -0.15) is 0 Å². The smallest absolute Gasteiger partial charge is 0.251 e. The zero-order chi connectivity index (χ0) is 19.0. The number of aromatic nitrogens is 1. The molecule has 0 radical (unpaired) electrons. The van der Waals surface area contributed by atoms with Gasteiger partial charge in [-0.25, -0.2) is 4.98 Å². The van der Waals surface area contributed by atoms with E-state index in [0.29, 0.717) is 42.6 Å². The third-order valence-corrected chi connectivity index (χ3v) is 6.41. The molecule has 1 aliphatic rings. The van der Waals surface area contributed by atoms with Crippen molar-refractivity contribution in [2.24, 2.45) is 0 Å². The summed E-state index contributed by atoms with van der Waals surface area (Å²) in [6, 6.07) is 8.92. The number of hydrogen-bond acceptors (Lipinski definition) is 3. The van der Waals surface area contributed by atoms with Crippen LogP contribution in [-0.4, -0.2) is 16.9 Å². The molecule has 1 saturated carbocycles. The first-order valence-electron chi connectivity index (χ1n) is 8.87. The molecule has 2 aromatic carbocycles. The minimum Gasteiger partial charge on any atom is -0.436 e. The lowest BCUT2D eigenvalue weighted by Gasteiger charge is -2.22. The fraction of sp³-hybridized carbons (Fsp3) is 0.300. The van der Waals surface area contributed by atoms with Crippen LogP contribution in [-0.2, 0) is 0 Å². The molecule has 4 rings (SSSR count). The standard InChI is InChI=1S/C20H17BrCl2N2O2/c21-18-14(9-12(22)10-15(18)23)20-25-16-8-11(6-7-17(16)27-20)19(26)24-13-4-2-1-3-5-13/h6-10,13H,1-5H2,(H,24,26). The van der Waals surface area contributed by atoms with Crippen molar-refractivity contribution in [3.63, 3.8) is 0 Å². The van der Waals surface area contributed by atoms with Gasteiger partial charge < -0.3 is 9.73 Å². The van der Waals surface area contributed by atoms with Crippen molar-refractivity contribution in [2.45, 2.75) is 38.1 Å². The zero-order valence-electron chi connectivity index (χ0n) is 14.4. The van der Waals surface area contributed by atoms with E-state index in [1.165, 1.54) is 19.3 Å². The van der Waals surface area contributed by atoms with E-state index in [0.717, 1.165) is 12.8 Å². The molecule has 27 heavy (non-hydrogen) atoms. The summed E-state index contributed by atoms with van der Waals surface area (Å²) in [5, 5.41) is 4.10. The number of halogens is 3. The van der Waals surface area contributed by atoms with Crippen molar-refractivity contribution in [1.82, 2.24) is 10.3 Å². The third-order valence-electron chi connectivity index (χ3n) is 4.81. The van der Waals surface area contributed by atoms with Gasteiger partial charge >= 0.3 is 0 Å². The lowest BCUT2D eigenvalue weighted by atomic mass is 9.95. The van der Waals surface area contributed by atoms with Gasteiger partial charge in [-0.3, -0.25) is 4.79 Å². The second kappa shape index (κ2) is 7.82. The van der Waals surface area contributed by atoms with Crippen LogP contribution in [0.4, 0.5) is 0 Å². The van der Waals surface area contributed by atoms with Gasteiger partial charge in [0.1, 0.15) is 5.52 Å². The number of carbonyl (C=O) groups is 1. The van der Waals surface area contributed by atoms with Crippen molar-refractivity contribution in [1.29, 1.82) is 0 Å². The molecule has 3 aromatic rings. The summed E-state index contributed by atoms with van der Waals surface area (Å²) >= 11 is 15.7. The topological polar surface area (TPSA) is 55.1 Å². The molecular formula is C20H17BrCl2N2O2. The van der Waals surface area contributed by atoms with Gasteiger partial charge in [-0.15, -0.1) is 0 Å². The number of nitrogens with zero attached hydrogens (tertiary/aromatic N) is 1. The number of carbonyl (C=O) groups excluding carboxylic acids is 1. The average molecular weight is 468 g/mol. The number of fused-ring (bicyclic) bond motifs is 1. The normalized spacial score (nSPS) is 15.2. The lowest BCUT2D eigenvalue weighted by molar-refractivity contribution is 0.0928. The molecule has 0 atom stereocenters. The summed E-state index contributed by atoms with van der Waals surface area (Å²) in [5.41, 5.74) is 2.46. The Morgan fingerprint density at radius 1 is 1.15 bits per heavy atom. The molecule has 0 spiro atoms. The second-order valence-corrected chi connectivity index (χ2v) is 8.40. The van der Waals surface area contributed by atoms with Gasteiger partial charge in [-0.1, -0.05) is 42.5 Å². The van der Waals surface area contributed by atoms with E-state index < -0.39 is 0 Å². The fourth-order valence-electron chi connectivity index (χ4n) is 3.41. The average Bonchev–Trinajstić information content (AvgIpc) is 3.08. The maximum atomic E-state index is 12.6. The predicted molar refractivity (Wildman–Crippen MR) is 112 cm³/mol. The molecule has 0 bridgehead atoms. The first kappa shape index (κ1) is 18.8. The maximum Gasteiger partial charge on any atom is 0.251 e. The summed E-state index contributed by atoms with van der Waals surface area (Å²) in [4.78, 5) is 17.1. The van der Waals surface area contributed by atoms with Crippen LogP contribution < -0.4 is 5.32 Å². The summed E-state index contributed by atoms with van der Waals surface area (Å²) in [6.45, 7) is 0. The van der Waals surface area contributed by atoms with E-state index in [9.17, 15) is 4.79 Å². The maximum absolute atomic E-state index is 12.6. The van der Waals surface area contributed by atoms with Crippen LogP contribution >= 0.6 is 39.1 Å². The summed E-state index contributed by atoms with van der Waals surface area (Å²) in [6.07, 6.45) is 5.70. The Bertz CT molecular complexity index is 1010. The van der Waals surface area contributed by atoms with Crippen molar-refractivity contribution in [2.75, 3.05) is 0 Å². The molecule has 4 nitrogen and oxygen atoms in total. The monoisotopic (exact) mass is 466 g/mol. The van der Waals surface area contributed by atoms with Gasteiger partial charge in [0.25, 0.3) is 5.91 Å². The van der Waals surface area contributed by atoms with Crippen LogP contribution in [0.1, 0.15) is 42.5 Å². The number of amides is 1. The Balaban J connectivity index is 1.63. The van der Waals surface area contributed by atoms with Gasteiger partial charge in [0.15, 0.2) is 5.58 Å². The van der Waals surface area contributed by atoms with Crippen molar-refractivity contribution < 1.29 is 9.21 Å². The minimum absolute atomic E-state index is 0.0691. The lowest BCUT2D eigenvalue weighted by Crippen LogP contribution is -2.36. The van der Waals surface area contributed by atoms with Crippen molar-refractivity contribution >= 4 is 56.1 Å². The Labute approximate surface area is 175 Å². The molecule has 1 amide bonds. The number of oxazole rings is 1. The largest absolute Gasteiger partial charge is 0.436 e. The van der Waals surface area contributed by atoms with Gasteiger partial charge in [0.2, 0.25) is 5.89 Å². The summed E-state index contributed by atoms with van der Waals surface area (Å²) < 4.78 is 6.50. The SMILES string of the molecule is O=C(NC1CCCCC1)c1ccc2oc(-c3cc(Cl)cc(Cl)c3Br)nc2c1. The summed E-state index contributed by atoms with van der Waals surface area (Å²) in [5.74, 6) is 0.325. The highest BCUT2D eigenvalue weighted by molar-refractivity contribution is 9.10. The molecular weight excluding hydrogens is 451 g/mol. The Hall–Kier alpha value is -1.56. The molecule has 1 aromatic heterocycles. The number of hydrogen-bond donors (Lipinski definition) is 1. The van der Waals surface area contributed by atoms with Crippen LogP contribution in [0, 0.1) is 0 Å². The quantitative estimate of drug-likeness (QED) is 0.440. The van der Waals surface area contributed by atoms with E-state index in [4.69, 9.17) is 27.6 Å². The fourth-order valence-corrected chi connectivity index (χ4v) is 4.30. The third kappa shape index (κ3) is 4.00. The van der Waals surface area contributed by atoms with E-state index in [2.05, 4.69) is 26.2 Å². The zero-order valence-corrected chi connectivity index (χ0v) is 17.5. The molecule has 0 aliphatic heterocycles. The highest BCUT2D eigenvalue weighted by Gasteiger charge is 2.19. The summed E-state index contributed by atoms with van der Waals surface area (Å²) in [7, 11) is 0. The Morgan fingerprint density at radius 3 is 2.70 bits per heavy atom. The number of rotatable bonds is 3. The highest BCUT2D eigenvalue weighted by atomic mass is 79.9.